The Morgan fingerprint density at radius 3 is 2.82 bits per heavy atom. The van der Waals surface area contributed by atoms with Gasteiger partial charge in [0.25, 0.3) is 0 Å². The monoisotopic (exact) mass is 406 g/mol. The number of aromatic nitrogens is 6. The summed E-state index contributed by atoms with van der Waals surface area (Å²) in [5, 5.41) is 8.91. The topological polar surface area (TPSA) is 60.9 Å². The Morgan fingerprint density at radius 1 is 1.29 bits per heavy atom. The molecule has 0 saturated heterocycles. The second-order valence-electron chi connectivity index (χ2n) is 7.19. The Labute approximate surface area is 162 Å². The SMILES string of the molecule is CCC1CCc2c(sc3ncn4nc(-c5cc(C(F)(F)F)nn5C)nc4c23)C1. The summed E-state index contributed by atoms with van der Waals surface area (Å²) in [4.78, 5) is 11.3. The molecule has 1 aliphatic carbocycles. The molecule has 4 heterocycles. The highest BCUT2D eigenvalue weighted by molar-refractivity contribution is 7.19. The van der Waals surface area contributed by atoms with Gasteiger partial charge in [0.1, 0.15) is 16.9 Å². The first kappa shape index (κ1) is 17.6. The number of hydrogen-bond donors (Lipinski definition) is 0. The predicted molar refractivity (Wildman–Crippen MR) is 99.2 cm³/mol. The first-order valence-corrected chi connectivity index (χ1v) is 9.94. The van der Waals surface area contributed by atoms with Crippen molar-refractivity contribution in [1.82, 2.24) is 29.4 Å². The van der Waals surface area contributed by atoms with Gasteiger partial charge in [-0.25, -0.2) is 14.5 Å². The molecule has 0 aromatic carbocycles. The van der Waals surface area contributed by atoms with E-state index in [-0.39, 0.29) is 11.5 Å². The number of rotatable bonds is 2. The predicted octanol–water partition coefficient (Wildman–Crippen LogP) is 4.27. The van der Waals surface area contributed by atoms with Gasteiger partial charge in [-0.05, 0) is 36.8 Å². The molecule has 1 atom stereocenters. The van der Waals surface area contributed by atoms with E-state index in [9.17, 15) is 13.2 Å². The van der Waals surface area contributed by atoms with Crippen molar-refractivity contribution >= 4 is 27.2 Å². The third kappa shape index (κ3) is 2.61. The Balaban J connectivity index is 1.67. The van der Waals surface area contributed by atoms with Gasteiger partial charge < -0.3 is 0 Å². The number of alkyl halides is 3. The maximum atomic E-state index is 13.0. The molecule has 1 aliphatic rings. The summed E-state index contributed by atoms with van der Waals surface area (Å²) in [5.74, 6) is 0.905. The molecule has 0 aliphatic heterocycles. The average molecular weight is 406 g/mol. The van der Waals surface area contributed by atoms with Gasteiger partial charge in [-0.2, -0.15) is 18.3 Å². The van der Waals surface area contributed by atoms with Crippen molar-refractivity contribution in [1.29, 1.82) is 0 Å². The second-order valence-corrected chi connectivity index (χ2v) is 8.27. The van der Waals surface area contributed by atoms with E-state index < -0.39 is 11.9 Å². The first-order valence-electron chi connectivity index (χ1n) is 9.12. The van der Waals surface area contributed by atoms with Crippen LogP contribution in [-0.2, 0) is 26.1 Å². The number of fused-ring (bicyclic) bond motifs is 5. The number of hydrogen-bond acceptors (Lipinski definition) is 5. The van der Waals surface area contributed by atoms with E-state index in [0.717, 1.165) is 46.6 Å². The molecule has 0 bridgehead atoms. The lowest BCUT2D eigenvalue weighted by atomic mass is 9.86. The van der Waals surface area contributed by atoms with E-state index in [1.807, 2.05) is 0 Å². The minimum absolute atomic E-state index is 0.210. The number of aryl methyl sites for hydroxylation is 2. The Bertz CT molecular complexity index is 1200. The van der Waals surface area contributed by atoms with Gasteiger partial charge in [-0.1, -0.05) is 13.3 Å². The molecule has 4 aromatic heterocycles. The van der Waals surface area contributed by atoms with Crippen LogP contribution >= 0.6 is 11.3 Å². The Kier molecular flexibility index (Phi) is 3.77. The summed E-state index contributed by atoms with van der Waals surface area (Å²) in [6.07, 6.45) is 1.39. The molecule has 4 aromatic rings. The summed E-state index contributed by atoms with van der Waals surface area (Å²) in [5.41, 5.74) is 1.18. The van der Waals surface area contributed by atoms with Crippen LogP contribution in [0.2, 0.25) is 0 Å². The molecule has 10 heteroatoms. The Hall–Kier alpha value is -2.49. The smallest absolute Gasteiger partial charge is 0.264 e. The van der Waals surface area contributed by atoms with E-state index in [1.165, 1.54) is 17.5 Å². The molecule has 0 amide bonds. The van der Waals surface area contributed by atoms with Gasteiger partial charge in [0, 0.05) is 11.9 Å². The maximum absolute atomic E-state index is 13.0. The van der Waals surface area contributed by atoms with E-state index >= 15 is 0 Å². The van der Waals surface area contributed by atoms with Crippen LogP contribution in [0, 0.1) is 5.92 Å². The highest BCUT2D eigenvalue weighted by Gasteiger charge is 2.35. The van der Waals surface area contributed by atoms with Gasteiger partial charge in [0.2, 0.25) is 0 Å². The minimum atomic E-state index is -4.51. The first-order chi connectivity index (χ1) is 13.3. The van der Waals surface area contributed by atoms with E-state index in [0.29, 0.717) is 11.6 Å². The van der Waals surface area contributed by atoms with Crippen LogP contribution in [-0.4, -0.2) is 29.4 Å². The molecule has 0 spiro atoms. The van der Waals surface area contributed by atoms with Crippen molar-refractivity contribution in [2.24, 2.45) is 13.0 Å². The van der Waals surface area contributed by atoms with Gasteiger partial charge >= 0.3 is 6.18 Å². The lowest BCUT2D eigenvalue weighted by Crippen LogP contribution is -2.11. The molecule has 0 N–H and O–H groups in total. The second kappa shape index (κ2) is 6.00. The third-order valence-electron chi connectivity index (χ3n) is 5.46. The summed E-state index contributed by atoms with van der Waals surface area (Å²) < 4.78 is 41.7. The molecule has 28 heavy (non-hydrogen) atoms. The number of nitrogens with zero attached hydrogens (tertiary/aromatic N) is 6. The fourth-order valence-electron chi connectivity index (χ4n) is 3.91. The van der Waals surface area contributed by atoms with E-state index in [4.69, 9.17) is 0 Å². The van der Waals surface area contributed by atoms with Crippen LogP contribution in [0.1, 0.15) is 35.9 Å². The normalized spacial score (nSPS) is 17.5. The lowest BCUT2D eigenvalue weighted by Gasteiger charge is -2.20. The molecule has 0 radical (unpaired) electrons. The van der Waals surface area contributed by atoms with Crippen molar-refractivity contribution < 1.29 is 13.2 Å². The summed E-state index contributed by atoms with van der Waals surface area (Å²) in [6, 6.07) is 0.980. The third-order valence-corrected chi connectivity index (χ3v) is 6.63. The number of halogens is 3. The highest BCUT2D eigenvalue weighted by Crippen LogP contribution is 2.39. The quantitative estimate of drug-likeness (QED) is 0.499. The molecular weight excluding hydrogens is 389 g/mol. The van der Waals surface area contributed by atoms with Crippen LogP contribution in [0.25, 0.3) is 27.4 Å². The van der Waals surface area contributed by atoms with Crippen molar-refractivity contribution in [3.63, 3.8) is 0 Å². The van der Waals surface area contributed by atoms with Crippen molar-refractivity contribution in [2.75, 3.05) is 0 Å². The highest BCUT2D eigenvalue weighted by atomic mass is 32.1. The lowest BCUT2D eigenvalue weighted by molar-refractivity contribution is -0.141. The van der Waals surface area contributed by atoms with Gasteiger partial charge in [-0.3, -0.25) is 4.68 Å². The van der Waals surface area contributed by atoms with Crippen LogP contribution in [0.4, 0.5) is 13.2 Å². The van der Waals surface area contributed by atoms with Crippen molar-refractivity contribution in [3.05, 3.63) is 28.5 Å². The van der Waals surface area contributed by atoms with Gasteiger partial charge in [-0.15, -0.1) is 16.4 Å². The molecule has 5 rings (SSSR count). The zero-order valence-electron chi connectivity index (χ0n) is 15.3. The average Bonchev–Trinajstić information content (AvgIpc) is 3.33. The van der Waals surface area contributed by atoms with E-state index in [2.05, 4.69) is 27.1 Å². The van der Waals surface area contributed by atoms with Crippen LogP contribution < -0.4 is 0 Å². The molecule has 1 unspecified atom stereocenters. The molecule has 146 valence electrons. The zero-order valence-corrected chi connectivity index (χ0v) is 16.1. The maximum Gasteiger partial charge on any atom is 0.435 e. The van der Waals surface area contributed by atoms with Crippen LogP contribution in [0.15, 0.2) is 12.4 Å². The molecule has 0 saturated carbocycles. The fourth-order valence-corrected chi connectivity index (χ4v) is 5.21. The van der Waals surface area contributed by atoms with Gasteiger partial charge in [0.05, 0.1) is 5.39 Å². The van der Waals surface area contributed by atoms with Crippen LogP contribution in [0.3, 0.4) is 0 Å². The summed E-state index contributed by atoms with van der Waals surface area (Å²) in [7, 11) is 1.46. The number of thiophene rings is 1. The van der Waals surface area contributed by atoms with Crippen molar-refractivity contribution in [3.8, 4) is 11.5 Å². The summed E-state index contributed by atoms with van der Waals surface area (Å²) >= 11 is 1.69. The standard InChI is InChI=1S/C18H17F3N6S/c1-3-9-4-5-10-12(6-9)28-17-14(10)16-23-15(25-27(16)8-22-17)11-7-13(18(19,20)21)24-26(11)2/h7-9H,3-6H2,1-2H3. The largest absolute Gasteiger partial charge is 0.435 e. The molecule has 6 nitrogen and oxygen atoms in total. The molecular formula is C18H17F3N6S. The van der Waals surface area contributed by atoms with Crippen LogP contribution in [0.5, 0.6) is 0 Å². The summed E-state index contributed by atoms with van der Waals surface area (Å²) in [6.45, 7) is 2.22. The van der Waals surface area contributed by atoms with Crippen molar-refractivity contribution in [2.45, 2.75) is 38.8 Å². The minimum Gasteiger partial charge on any atom is -0.264 e. The zero-order chi connectivity index (χ0) is 19.6. The molecule has 0 fully saturated rings. The van der Waals surface area contributed by atoms with Gasteiger partial charge in [0.15, 0.2) is 17.2 Å². The van der Waals surface area contributed by atoms with E-state index in [1.54, 1.807) is 22.2 Å². The fraction of sp³-hybridized carbons (Fsp3) is 0.444. The Morgan fingerprint density at radius 2 is 2.11 bits per heavy atom.